The van der Waals surface area contributed by atoms with E-state index in [1.165, 1.54) is 0 Å². The number of carbonyl (C=O) groups is 1. The van der Waals surface area contributed by atoms with Gasteiger partial charge in [0.05, 0.1) is 11.9 Å². The third-order valence-corrected chi connectivity index (χ3v) is 4.46. The Hall–Kier alpha value is -2.86. The van der Waals surface area contributed by atoms with Gasteiger partial charge in [0.2, 0.25) is 0 Å². The first-order valence-corrected chi connectivity index (χ1v) is 8.45. The average Bonchev–Trinajstić information content (AvgIpc) is 3.06. The molecule has 0 atom stereocenters. The van der Waals surface area contributed by atoms with E-state index >= 15 is 0 Å². The summed E-state index contributed by atoms with van der Waals surface area (Å²) in [4.78, 5) is 20.8. The molecule has 0 N–H and O–H groups in total. The van der Waals surface area contributed by atoms with Crippen molar-refractivity contribution in [2.75, 3.05) is 26.2 Å². The van der Waals surface area contributed by atoms with Crippen LogP contribution in [-0.4, -0.2) is 51.5 Å². The van der Waals surface area contributed by atoms with Gasteiger partial charge in [-0.15, -0.1) is 0 Å². The Morgan fingerprint density at radius 3 is 2.56 bits per heavy atom. The predicted molar refractivity (Wildman–Crippen MR) is 94.5 cm³/mol. The second-order valence-electron chi connectivity index (χ2n) is 6.12. The van der Waals surface area contributed by atoms with Gasteiger partial charge in [0, 0.05) is 38.9 Å². The largest absolute Gasteiger partial charge is 0.415 e. The Morgan fingerprint density at radius 2 is 1.76 bits per heavy atom. The van der Waals surface area contributed by atoms with Crippen LogP contribution in [0.25, 0.3) is 5.65 Å². The van der Waals surface area contributed by atoms with Gasteiger partial charge in [0.25, 0.3) is 0 Å². The van der Waals surface area contributed by atoms with Crippen LogP contribution in [0, 0.1) is 0 Å². The summed E-state index contributed by atoms with van der Waals surface area (Å²) in [7, 11) is 0. The molecule has 1 fully saturated rings. The van der Waals surface area contributed by atoms with Crippen molar-refractivity contribution in [2.45, 2.75) is 6.54 Å². The highest BCUT2D eigenvalue weighted by molar-refractivity contribution is 5.70. The summed E-state index contributed by atoms with van der Waals surface area (Å²) in [6, 6.07) is 15.2. The number of para-hydroxylation sites is 1. The molecule has 3 aromatic rings. The highest BCUT2D eigenvalue weighted by Crippen LogP contribution is 2.14. The van der Waals surface area contributed by atoms with Crippen molar-refractivity contribution in [3.05, 3.63) is 66.6 Å². The van der Waals surface area contributed by atoms with Crippen molar-refractivity contribution in [3.8, 4) is 5.75 Å². The lowest BCUT2D eigenvalue weighted by atomic mass is 10.3. The van der Waals surface area contributed by atoms with E-state index in [2.05, 4.69) is 14.3 Å². The van der Waals surface area contributed by atoms with E-state index in [-0.39, 0.29) is 6.09 Å². The van der Waals surface area contributed by atoms with Crippen molar-refractivity contribution in [1.82, 2.24) is 19.2 Å². The standard InChI is InChI=1S/C19H20N4O2/c24-19(25-17-6-2-1-3-7-17)22-12-10-21(11-13-22)15-16-14-20-18-8-4-5-9-23(16)18/h1-9,14H,10-13,15H2. The number of fused-ring (bicyclic) bond motifs is 1. The van der Waals surface area contributed by atoms with E-state index in [0.29, 0.717) is 18.8 Å². The first kappa shape index (κ1) is 15.7. The molecule has 1 amide bonds. The molecule has 0 bridgehead atoms. The van der Waals surface area contributed by atoms with E-state index < -0.39 is 0 Å². The number of carbonyl (C=O) groups excluding carboxylic acids is 1. The normalized spacial score (nSPS) is 15.4. The molecule has 3 heterocycles. The van der Waals surface area contributed by atoms with Gasteiger partial charge in [-0.3, -0.25) is 4.90 Å². The molecule has 1 aliphatic rings. The van der Waals surface area contributed by atoms with Crippen LogP contribution in [0.1, 0.15) is 5.69 Å². The molecule has 2 aromatic heterocycles. The first-order chi connectivity index (χ1) is 12.3. The van der Waals surface area contributed by atoms with Gasteiger partial charge in [0.15, 0.2) is 0 Å². The summed E-state index contributed by atoms with van der Waals surface area (Å²) in [5, 5.41) is 0. The molecule has 4 rings (SSSR count). The monoisotopic (exact) mass is 336 g/mol. The Kier molecular flexibility index (Phi) is 4.35. The number of pyridine rings is 1. The third kappa shape index (κ3) is 3.49. The molecule has 1 saturated heterocycles. The fourth-order valence-electron chi connectivity index (χ4n) is 3.07. The maximum atomic E-state index is 12.2. The Bertz CT molecular complexity index is 854. The third-order valence-electron chi connectivity index (χ3n) is 4.46. The average molecular weight is 336 g/mol. The quantitative estimate of drug-likeness (QED) is 0.738. The van der Waals surface area contributed by atoms with Crippen LogP contribution >= 0.6 is 0 Å². The highest BCUT2D eigenvalue weighted by atomic mass is 16.6. The van der Waals surface area contributed by atoms with Crippen LogP contribution in [0.2, 0.25) is 0 Å². The molecule has 6 nitrogen and oxygen atoms in total. The summed E-state index contributed by atoms with van der Waals surface area (Å²) in [6.07, 6.45) is 3.68. The number of aromatic nitrogens is 2. The fraction of sp³-hybridized carbons (Fsp3) is 0.263. The van der Waals surface area contributed by atoms with Crippen LogP contribution in [0.4, 0.5) is 4.79 Å². The molecular weight excluding hydrogens is 316 g/mol. The van der Waals surface area contributed by atoms with Gasteiger partial charge in [-0.05, 0) is 24.3 Å². The zero-order valence-corrected chi connectivity index (χ0v) is 13.9. The second-order valence-corrected chi connectivity index (χ2v) is 6.12. The van der Waals surface area contributed by atoms with E-state index in [9.17, 15) is 4.79 Å². The minimum Gasteiger partial charge on any atom is -0.410 e. The summed E-state index contributed by atoms with van der Waals surface area (Å²) < 4.78 is 7.51. The first-order valence-electron chi connectivity index (χ1n) is 8.45. The number of hydrogen-bond acceptors (Lipinski definition) is 4. The van der Waals surface area contributed by atoms with Crippen molar-refractivity contribution in [3.63, 3.8) is 0 Å². The van der Waals surface area contributed by atoms with E-state index in [4.69, 9.17) is 4.74 Å². The minimum absolute atomic E-state index is 0.277. The van der Waals surface area contributed by atoms with Gasteiger partial charge in [-0.2, -0.15) is 0 Å². The summed E-state index contributed by atoms with van der Waals surface area (Å²) in [5.74, 6) is 0.584. The molecule has 128 valence electrons. The molecule has 0 aliphatic carbocycles. The van der Waals surface area contributed by atoms with Gasteiger partial charge in [-0.1, -0.05) is 24.3 Å². The van der Waals surface area contributed by atoms with Gasteiger partial charge in [0.1, 0.15) is 11.4 Å². The van der Waals surface area contributed by atoms with Gasteiger partial charge < -0.3 is 14.0 Å². The lowest BCUT2D eigenvalue weighted by Gasteiger charge is -2.33. The Morgan fingerprint density at radius 1 is 1.00 bits per heavy atom. The van der Waals surface area contributed by atoms with E-state index in [1.807, 2.05) is 48.8 Å². The zero-order chi connectivity index (χ0) is 17.1. The summed E-state index contributed by atoms with van der Waals surface area (Å²) >= 11 is 0. The van der Waals surface area contributed by atoms with Crippen molar-refractivity contribution >= 4 is 11.7 Å². The van der Waals surface area contributed by atoms with Crippen LogP contribution in [0.5, 0.6) is 5.75 Å². The zero-order valence-electron chi connectivity index (χ0n) is 13.9. The minimum atomic E-state index is -0.277. The maximum absolute atomic E-state index is 12.2. The number of nitrogens with zero attached hydrogens (tertiary/aromatic N) is 4. The Balaban J connectivity index is 1.33. The smallest absolute Gasteiger partial charge is 0.410 e. The molecule has 0 saturated carbocycles. The van der Waals surface area contributed by atoms with Crippen molar-refractivity contribution < 1.29 is 9.53 Å². The van der Waals surface area contributed by atoms with Crippen LogP contribution in [0.15, 0.2) is 60.9 Å². The van der Waals surface area contributed by atoms with Crippen LogP contribution in [0.3, 0.4) is 0 Å². The predicted octanol–water partition coefficient (Wildman–Crippen LogP) is 2.65. The van der Waals surface area contributed by atoms with E-state index in [0.717, 1.165) is 31.0 Å². The molecule has 1 aromatic carbocycles. The van der Waals surface area contributed by atoms with E-state index in [1.54, 1.807) is 17.0 Å². The lowest BCUT2D eigenvalue weighted by Crippen LogP contribution is -2.49. The molecular formula is C19H20N4O2. The number of hydrogen-bond donors (Lipinski definition) is 0. The van der Waals surface area contributed by atoms with Crippen LogP contribution in [-0.2, 0) is 6.54 Å². The number of rotatable bonds is 3. The molecule has 0 spiro atoms. The highest BCUT2D eigenvalue weighted by Gasteiger charge is 2.23. The molecule has 1 aliphatic heterocycles. The maximum Gasteiger partial charge on any atom is 0.415 e. The summed E-state index contributed by atoms with van der Waals surface area (Å²) in [6.45, 7) is 3.81. The van der Waals surface area contributed by atoms with Crippen LogP contribution < -0.4 is 4.74 Å². The van der Waals surface area contributed by atoms with Gasteiger partial charge in [-0.25, -0.2) is 9.78 Å². The molecule has 0 radical (unpaired) electrons. The van der Waals surface area contributed by atoms with Gasteiger partial charge >= 0.3 is 6.09 Å². The summed E-state index contributed by atoms with van der Waals surface area (Å²) in [5.41, 5.74) is 2.12. The molecule has 0 unspecified atom stereocenters. The number of benzene rings is 1. The van der Waals surface area contributed by atoms with Crippen molar-refractivity contribution in [1.29, 1.82) is 0 Å². The second kappa shape index (κ2) is 6.94. The van der Waals surface area contributed by atoms with Crippen molar-refractivity contribution in [2.24, 2.45) is 0 Å². The number of ether oxygens (including phenoxy) is 1. The number of amides is 1. The Labute approximate surface area is 146 Å². The molecule has 6 heteroatoms. The number of imidazole rings is 1. The lowest BCUT2D eigenvalue weighted by molar-refractivity contribution is 0.107. The SMILES string of the molecule is O=C(Oc1ccccc1)N1CCN(Cc2cnc3ccccn23)CC1. The topological polar surface area (TPSA) is 50.1 Å². The number of piperazine rings is 1. The molecule has 25 heavy (non-hydrogen) atoms. The fourth-order valence-corrected chi connectivity index (χ4v) is 3.07.